The topological polar surface area (TPSA) is 69.5 Å². The minimum Gasteiger partial charge on any atom is -0.493 e. The number of aliphatic hydroxyl groups excluding tert-OH is 1. The molecule has 2 aromatic rings. The van der Waals surface area contributed by atoms with Gasteiger partial charge in [0.2, 0.25) is 6.79 Å². The van der Waals surface area contributed by atoms with Gasteiger partial charge in [0.15, 0.2) is 23.0 Å². The molecule has 0 fully saturated rings. The molecule has 2 heterocycles. The van der Waals surface area contributed by atoms with Crippen LogP contribution in [0.25, 0.3) is 11.6 Å². The first-order valence-corrected chi connectivity index (χ1v) is 9.27. The van der Waals surface area contributed by atoms with E-state index in [4.69, 9.17) is 18.9 Å². The molecule has 0 radical (unpaired) electrons. The maximum atomic E-state index is 9.17. The Hall–Kier alpha value is -2.99. The van der Waals surface area contributed by atoms with E-state index >= 15 is 0 Å². The molecule has 0 bridgehead atoms. The number of aliphatic imine (C=N–C) groups is 1. The largest absolute Gasteiger partial charge is 0.493 e. The van der Waals surface area contributed by atoms with Crippen molar-refractivity contribution in [1.82, 2.24) is 0 Å². The number of methoxy groups -OCH3 is 1. The van der Waals surface area contributed by atoms with Crippen LogP contribution in [-0.2, 0) is 6.42 Å². The molecule has 1 N–H and O–H groups in total. The summed E-state index contributed by atoms with van der Waals surface area (Å²) in [5.74, 6) is 2.77. The van der Waals surface area contributed by atoms with Crippen LogP contribution >= 0.6 is 0 Å². The van der Waals surface area contributed by atoms with Gasteiger partial charge in [-0.3, -0.25) is 4.99 Å². The Labute approximate surface area is 164 Å². The summed E-state index contributed by atoms with van der Waals surface area (Å²) in [5.41, 5.74) is 5.24. The maximum absolute atomic E-state index is 9.17. The van der Waals surface area contributed by atoms with Crippen molar-refractivity contribution in [2.45, 2.75) is 13.3 Å². The van der Waals surface area contributed by atoms with Gasteiger partial charge in [0.1, 0.15) is 6.61 Å². The van der Waals surface area contributed by atoms with Crippen molar-refractivity contribution in [3.63, 3.8) is 0 Å². The second-order valence-corrected chi connectivity index (χ2v) is 6.65. The lowest BCUT2D eigenvalue weighted by atomic mass is 9.94. The first-order valence-electron chi connectivity index (χ1n) is 9.27. The Kier molecular flexibility index (Phi) is 5.21. The molecule has 0 atom stereocenters. The number of nitrogens with zero attached hydrogens (tertiary/aromatic N) is 1. The molecule has 6 nitrogen and oxygen atoms in total. The normalized spacial score (nSPS) is 14.8. The summed E-state index contributed by atoms with van der Waals surface area (Å²) in [4.78, 5) is 4.61. The average Bonchev–Trinajstić information content (AvgIpc) is 3.17. The first-order chi connectivity index (χ1) is 13.7. The van der Waals surface area contributed by atoms with Gasteiger partial charge in [-0.1, -0.05) is 12.1 Å². The van der Waals surface area contributed by atoms with Crippen LogP contribution in [0.1, 0.15) is 29.2 Å². The summed E-state index contributed by atoms with van der Waals surface area (Å²) in [6.45, 7) is 3.10. The third-order valence-corrected chi connectivity index (χ3v) is 4.88. The fraction of sp³-hybridized carbons (Fsp3) is 0.318. The van der Waals surface area contributed by atoms with Crippen LogP contribution in [0, 0.1) is 0 Å². The van der Waals surface area contributed by atoms with E-state index in [0.717, 1.165) is 40.2 Å². The van der Waals surface area contributed by atoms with Crippen LogP contribution in [0.4, 0.5) is 0 Å². The van der Waals surface area contributed by atoms with Crippen LogP contribution in [0.2, 0.25) is 0 Å². The molecule has 0 aromatic heterocycles. The van der Waals surface area contributed by atoms with E-state index in [1.54, 1.807) is 7.11 Å². The molecule has 4 rings (SSSR count). The Morgan fingerprint density at radius 1 is 1.18 bits per heavy atom. The number of rotatable bonds is 4. The van der Waals surface area contributed by atoms with E-state index in [1.165, 1.54) is 5.56 Å². The number of fused-ring (bicyclic) bond motifs is 3. The van der Waals surface area contributed by atoms with Crippen molar-refractivity contribution >= 4 is 17.9 Å². The number of hydrogen-bond acceptors (Lipinski definition) is 6. The van der Waals surface area contributed by atoms with Crippen molar-refractivity contribution in [2.75, 3.05) is 33.7 Å². The molecule has 6 heteroatoms. The zero-order valence-electron chi connectivity index (χ0n) is 16.0. The molecule has 0 spiro atoms. The zero-order chi connectivity index (χ0) is 19.5. The van der Waals surface area contributed by atoms with E-state index < -0.39 is 0 Å². The molecule has 0 amide bonds. The van der Waals surface area contributed by atoms with E-state index in [2.05, 4.69) is 24.1 Å². The lowest BCUT2D eigenvalue weighted by Crippen LogP contribution is -2.07. The van der Waals surface area contributed by atoms with Gasteiger partial charge in [-0.2, -0.15) is 0 Å². The van der Waals surface area contributed by atoms with Gasteiger partial charge >= 0.3 is 0 Å². The van der Waals surface area contributed by atoms with Crippen LogP contribution in [-0.4, -0.2) is 45.0 Å². The molecular weight excluding hydrogens is 358 g/mol. The van der Waals surface area contributed by atoms with Gasteiger partial charge in [-0.15, -0.1) is 0 Å². The van der Waals surface area contributed by atoms with Crippen LogP contribution < -0.4 is 18.9 Å². The molecule has 28 heavy (non-hydrogen) atoms. The minimum atomic E-state index is -0.0701. The van der Waals surface area contributed by atoms with E-state index in [9.17, 15) is 5.11 Å². The SMILES string of the molecule is COc1ccc2c(c1OCCO)C=NCCc1cc3c(cc1C(C)=C2)OCO3. The Morgan fingerprint density at radius 2 is 2.00 bits per heavy atom. The van der Waals surface area contributed by atoms with E-state index in [0.29, 0.717) is 18.0 Å². The average molecular weight is 381 g/mol. The second kappa shape index (κ2) is 7.94. The highest BCUT2D eigenvalue weighted by atomic mass is 16.7. The van der Waals surface area contributed by atoms with Gasteiger partial charge in [-0.05, 0) is 53.8 Å². The van der Waals surface area contributed by atoms with Gasteiger partial charge in [0, 0.05) is 18.3 Å². The molecule has 0 saturated heterocycles. The summed E-state index contributed by atoms with van der Waals surface area (Å²) in [7, 11) is 1.60. The van der Waals surface area contributed by atoms with Crippen molar-refractivity contribution in [3.05, 3.63) is 46.5 Å². The summed E-state index contributed by atoms with van der Waals surface area (Å²) in [5, 5.41) is 9.17. The lowest BCUT2D eigenvalue weighted by molar-refractivity contribution is 0.174. The molecule has 0 unspecified atom stereocenters. The number of ether oxygens (including phenoxy) is 4. The molecule has 0 saturated carbocycles. The smallest absolute Gasteiger partial charge is 0.231 e. The van der Waals surface area contributed by atoms with Crippen molar-refractivity contribution in [2.24, 2.45) is 4.99 Å². The highest BCUT2D eigenvalue weighted by Crippen LogP contribution is 2.39. The monoisotopic (exact) mass is 381 g/mol. The Morgan fingerprint density at radius 3 is 2.79 bits per heavy atom. The number of aliphatic hydroxyl groups is 1. The highest BCUT2D eigenvalue weighted by molar-refractivity contribution is 5.94. The predicted octanol–water partition coefficient (Wildman–Crippen LogP) is 3.33. The number of benzene rings is 2. The molecule has 0 aliphatic carbocycles. The predicted molar refractivity (Wildman–Crippen MR) is 108 cm³/mol. The summed E-state index contributed by atoms with van der Waals surface area (Å²) in [6.07, 6.45) is 4.73. The molecule has 2 aromatic carbocycles. The summed E-state index contributed by atoms with van der Waals surface area (Å²) in [6, 6.07) is 7.96. The third-order valence-electron chi connectivity index (χ3n) is 4.88. The van der Waals surface area contributed by atoms with Crippen LogP contribution in [0.5, 0.6) is 23.0 Å². The molecular formula is C22H23NO5. The second-order valence-electron chi connectivity index (χ2n) is 6.65. The van der Waals surface area contributed by atoms with Gasteiger partial charge in [0.05, 0.1) is 13.7 Å². The van der Waals surface area contributed by atoms with Crippen molar-refractivity contribution in [1.29, 1.82) is 0 Å². The highest BCUT2D eigenvalue weighted by Gasteiger charge is 2.19. The van der Waals surface area contributed by atoms with E-state index in [-0.39, 0.29) is 20.0 Å². The van der Waals surface area contributed by atoms with Crippen molar-refractivity contribution < 1.29 is 24.1 Å². The quantitative estimate of drug-likeness (QED) is 0.880. The fourth-order valence-corrected chi connectivity index (χ4v) is 3.52. The number of hydrogen-bond donors (Lipinski definition) is 1. The maximum Gasteiger partial charge on any atom is 0.231 e. The zero-order valence-corrected chi connectivity index (χ0v) is 16.0. The van der Waals surface area contributed by atoms with Crippen molar-refractivity contribution in [3.8, 4) is 23.0 Å². The molecule has 2 aliphatic heterocycles. The van der Waals surface area contributed by atoms with Gasteiger partial charge < -0.3 is 24.1 Å². The van der Waals surface area contributed by atoms with Gasteiger partial charge in [0.25, 0.3) is 0 Å². The third kappa shape index (κ3) is 3.43. The van der Waals surface area contributed by atoms with Gasteiger partial charge in [-0.25, -0.2) is 0 Å². The van der Waals surface area contributed by atoms with Crippen LogP contribution in [0.3, 0.4) is 0 Å². The summed E-state index contributed by atoms with van der Waals surface area (Å²) >= 11 is 0. The molecule has 2 aliphatic rings. The van der Waals surface area contributed by atoms with Crippen LogP contribution in [0.15, 0.2) is 29.3 Å². The number of allylic oxidation sites excluding steroid dienone is 1. The lowest BCUT2D eigenvalue weighted by Gasteiger charge is -2.17. The standard InChI is InChI=1S/C22H23NO5/c1-14-9-15-3-4-19(25-2)22(26-8-7-24)18(15)12-23-6-5-16-10-20-21(11-17(14)16)28-13-27-20/h3-4,9-12,24H,5-8,13H2,1-2H3. The minimum absolute atomic E-state index is 0.0701. The summed E-state index contributed by atoms with van der Waals surface area (Å²) < 4.78 is 22.3. The van der Waals surface area contributed by atoms with E-state index in [1.807, 2.05) is 24.4 Å². The fourth-order valence-electron chi connectivity index (χ4n) is 3.52. The Balaban J connectivity index is 1.85. The molecule has 146 valence electrons. The first kappa shape index (κ1) is 18.4. The Bertz CT molecular complexity index is 948.